The van der Waals surface area contributed by atoms with Crippen LogP contribution < -0.4 is 0 Å². The number of carbonyl (C=O) groups is 1. The molecule has 3 aromatic rings. The first-order chi connectivity index (χ1) is 11.1. The summed E-state index contributed by atoms with van der Waals surface area (Å²) in [5.74, 6) is 0.0498. The fourth-order valence-electron chi connectivity index (χ4n) is 2.01. The van der Waals surface area contributed by atoms with E-state index in [1.807, 2.05) is 12.1 Å². The van der Waals surface area contributed by atoms with Crippen LogP contribution >= 0.6 is 11.6 Å². The standard InChI is InChI=1S/C16H12ClN3O3/c17-12-3-1-10(2-4-12)5-13-6-11(8-23-13)14(21)7-15(22)16-18-9-19-20-16/h1-4,6-9,21H,5H2,(H,18,19,20). The first-order valence-electron chi connectivity index (χ1n) is 6.74. The molecular weight excluding hydrogens is 318 g/mol. The van der Waals surface area contributed by atoms with Crippen molar-refractivity contribution in [2.45, 2.75) is 6.42 Å². The molecule has 7 heteroatoms. The Balaban J connectivity index is 1.73. The van der Waals surface area contributed by atoms with Gasteiger partial charge in [-0.25, -0.2) is 4.98 Å². The first kappa shape index (κ1) is 15.1. The monoisotopic (exact) mass is 329 g/mol. The van der Waals surface area contributed by atoms with E-state index < -0.39 is 5.78 Å². The van der Waals surface area contributed by atoms with E-state index >= 15 is 0 Å². The molecule has 0 atom stereocenters. The Hall–Kier alpha value is -2.86. The van der Waals surface area contributed by atoms with Crippen LogP contribution in [0, 0.1) is 0 Å². The van der Waals surface area contributed by atoms with Gasteiger partial charge in [0.1, 0.15) is 24.1 Å². The molecule has 0 aliphatic rings. The van der Waals surface area contributed by atoms with Crippen LogP contribution in [0.4, 0.5) is 0 Å². The highest BCUT2D eigenvalue weighted by atomic mass is 35.5. The van der Waals surface area contributed by atoms with Gasteiger partial charge in [-0.05, 0) is 23.8 Å². The lowest BCUT2D eigenvalue weighted by Gasteiger charge is -1.97. The number of rotatable bonds is 5. The second-order valence-electron chi connectivity index (χ2n) is 4.83. The van der Waals surface area contributed by atoms with Gasteiger partial charge in [0.25, 0.3) is 0 Å². The molecule has 1 aromatic carbocycles. The molecule has 2 heterocycles. The summed E-state index contributed by atoms with van der Waals surface area (Å²) in [6, 6.07) is 9.07. The number of H-pyrrole nitrogens is 1. The van der Waals surface area contributed by atoms with Gasteiger partial charge >= 0.3 is 0 Å². The number of allylic oxidation sites excluding steroid dienone is 1. The highest BCUT2D eigenvalue weighted by Gasteiger charge is 2.11. The van der Waals surface area contributed by atoms with Crippen molar-refractivity contribution in [1.29, 1.82) is 0 Å². The highest BCUT2D eigenvalue weighted by molar-refractivity contribution is 6.30. The molecule has 3 rings (SSSR count). The fourth-order valence-corrected chi connectivity index (χ4v) is 2.14. The molecule has 2 aromatic heterocycles. The van der Waals surface area contributed by atoms with Gasteiger partial charge in [0.05, 0.1) is 5.56 Å². The second kappa shape index (κ2) is 6.50. The van der Waals surface area contributed by atoms with E-state index in [4.69, 9.17) is 16.0 Å². The molecule has 6 nitrogen and oxygen atoms in total. The third kappa shape index (κ3) is 3.67. The Morgan fingerprint density at radius 1 is 1.35 bits per heavy atom. The normalized spacial score (nSPS) is 11.6. The summed E-state index contributed by atoms with van der Waals surface area (Å²) in [5.41, 5.74) is 1.44. The Bertz CT molecular complexity index is 836. The maximum atomic E-state index is 11.8. The molecule has 0 saturated carbocycles. The van der Waals surface area contributed by atoms with Crippen molar-refractivity contribution in [2.24, 2.45) is 0 Å². The largest absolute Gasteiger partial charge is 0.507 e. The van der Waals surface area contributed by atoms with Crippen molar-refractivity contribution in [3.8, 4) is 0 Å². The van der Waals surface area contributed by atoms with Gasteiger partial charge in [0, 0.05) is 17.5 Å². The zero-order valence-corrected chi connectivity index (χ0v) is 12.6. The smallest absolute Gasteiger partial charge is 0.226 e. The van der Waals surface area contributed by atoms with E-state index in [1.165, 1.54) is 12.6 Å². The minimum atomic E-state index is -0.472. The Kier molecular flexibility index (Phi) is 4.25. The van der Waals surface area contributed by atoms with Crippen LogP contribution in [-0.2, 0) is 6.42 Å². The lowest BCUT2D eigenvalue weighted by Crippen LogP contribution is -1.99. The molecule has 0 fully saturated rings. The molecule has 0 spiro atoms. The fraction of sp³-hybridized carbons (Fsp3) is 0.0625. The van der Waals surface area contributed by atoms with Gasteiger partial charge in [-0.15, -0.1) is 0 Å². The molecule has 0 amide bonds. The van der Waals surface area contributed by atoms with Crippen molar-refractivity contribution >= 4 is 23.1 Å². The van der Waals surface area contributed by atoms with Crippen LogP contribution in [0.5, 0.6) is 0 Å². The Morgan fingerprint density at radius 3 is 2.83 bits per heavy atom. The number of hydrogen-bond donors (Lipinski definition) is 2. The zero-order chi connectivity index (χ0) is 16.2. The zero-order valence-electron chi connectivity index (χ0n) is 11.9. The van der Waals surface area contributed by atoms with Crippen LogP contribution in [0.25, 0.3) is 5.76 Å². The summed E-state index contributed by atoms with van der Waals surface area (Å²) in [7, 11) is 0. The molecule has 0 bridgehead atoms. The quantitative estimate of drug-likeness (QED) is 0.425. The molecule has 116 valence electrons. The molecule has 0 saturated heterocycles. The van der Waals surface area contributed by atoms with Crippen LogP contribution in [0.3, 0.4) is 0 Å². The number of aromatic nitrogens is 3. The molecule has 23 heavy (non-hydrogen) atoms. The third-order valence-electron chi connectivity index (χ3n) is 3.16. The predicted octanol–water partition coefficient (Wildman–Crippen LogP) is 3.42. The summed E-state index contributed by atoms with van der Waals surface area (Å²) in [6.45, 7) is 0. The average molecular weight is 330 g/mol. The second-order valence-corrected chi connectivity index (χ2v) is 5.27. The topological polar surface area (TPSA) is 92.0 Å². The van der Waals surface area contributed by atoms with Gasteiger partial charge in [-0.2, -0.15) is 5.10 Å². The highest BCUT2D eigenvalue weighted by Crippen LogP contribution is 2.19. The summed E-state index contributed by atoms with van der Waals surface area (Å²) >= 11 is 5.84. The maximum Gasteiger partial charge on any atom is 0.226 e. The number of nitrogens with one attached hydrogen (secondary N) is 1. The number of aliphatic hydroxyl groups excluding tert-OH is 1. The number of carbonyl (C=O) groups excluding carboxylic acids is 1. The maximum absolute atomic E-state index is 11.8. The molecule has 0 radical (unpaired) electrons. The lowest BCUT2D eigenvalue weighted by molar-refractivity contribution is 0.103. The summed E-state index contributed by atoms with van der Waals surface area (Å²) in [6.07, 6.45) is 4.24. The number of hydrogen-bond acceptors (Lipinski definition) is 5. The van der Waals surface area contributed by atoms with E-state index in [9.17, 15) is 9.90 Å². The number of nitrogens with zero attached hydrogens (tertiary/aromatic N) is 2. The summed E-state index contributed by atoms with van der Waals surface area (Å²) in [4.78, 5) is 15.5. The van der Waals surface area contributed by atoms with Crippen LogP contribution in [-0.4, -0.2) is 26.1 Å². The van der Waals surface area contributed by atoms with Crippen LogP contribution in [0.15, 0.2) is 53.4 Å². The minimum absolute atomic E-state index is 0.0569. The summed E-state index contributed by atoms with van der Waals surface area (Å²) < 4.78 is 5.41. The van der Waals surface area contributed by atoms with Crippen molar-refractivity contribution in [1.82, 2.24) is 15.2 Å². The lowest BCUT2D eigenvalue weighted by atomic mass is 10.1. The molecule has 0 aliphatic carbocycles. The number of benzene rings is 1. The Labute approximate surface area is 136 Å². The average Bonchev–Trinajstić information content (AvgIpc) is 3.21. The number of ketones is 1. The molecular formula is C16H12ClN3O3. The number of furan rings is 1. The van der Waals surface area contributed by atoms with E-state index in [-0.39, 0.29) is 11.6 Å². The van der Waals surface area contributed by atoms with Crippen molar-refractivity contribution in [3.63, 3.8) is 0 Å². The van der Waals surface area contributed by atoms with Gasteiger partial charge in [-0.3, -0.25) is 9.89 Å². The molecule has 2 N–H and O–H groups in total. The van der Waals surface area contributed by atoms with E-state index in [0.717, 1.165) is 11.6 Å². The number of halogens is 1. The van der Waals surface area contributed by atoms with E-state index in [0.29, 0.717) is 22.8 Å². The van der Waals surface area contributed by atoms with Gasteiger partial charge in [0.2, 0.25) is 5.78 Å². The number of aromatic amines is 1. The van der Waals surface area contributed by atoms with Gasteiger partial charge in [-0.1, -0.05) is 23.7 Å². The molecule has 0 unspecified atom stereocenters. The van der Waals surface area contributed by atoms with Crippen molar-refractivity contribution in [2.75, 3.05) is 0 Å². The van der Waals surface area contributed by atoms with E-state index in [2.05, 4.69) is 15.2 Å². The SMILES string of the molecule is O=C(C=C(O)c1coc(Cc2ccc(Cl)cc2)c1)c1ncn[nH]1. The van der Waals surface area contributed by atoms with Crippen LogP contribution in [0.1, 0.15) is 27.5 Å². The predicted molar refractivity (Wildman–Crippen MR) is 84.3 cm³/mol. The first-order valence-corrected chi connectivity index (χ1v) is 7.12. The minimum Gasteiger partial charge on any atom is -0.507 e. The third-order valence-corrected chi connectivity index (χ3v) is 3.41. The van der Waals surface area contributed by atoms with Gasteiger partial charge in [0.15, 0.2) is 5.82 Å². The van der Waals surface area contributed by atoms with Crippen molar-refractivity contribution < 1.29 is 14.3 Å². The van der Waals surface area contributed by atoms with Crippen LogP contribution in [0.2, 0.25) is 5.02 Å². The number of aliphatic hydroxyl groups is 1. The summed E-state index contributed by atoms with van der Waals surface area (Å²) in [5, 5.41) is 16.7. The van der Waals surface area contributed by atoms with Crippen molar-refractivity contribution in [3.05, 3.63) is 76.7 Å². The van der Waals surface area contributed by atoms with E-state index in [1.54, 1.807) is 18.2 Å². The Morgan fingerprint density at radius 2 is 2.13 bits per heavy atom. The van der Waals surface area contributed by atoms with Gasteiger partial charge < -0.3 is 9.52 Å². The molecule has 0 aliphatic heterocycles.